The topological polar surface area (TPSA) is 96.2 Å². The van der Waals surface area contributed by atoms with E-state index in [1.807, 2.05) is 0 Å². The first-order chi connectivity index (χ1) is 6.18. The fourth-order valence-corrected chi connectivity index (χ4v) is 1.09. The Hall–Kier alpha value is -1.83. The van der Waals surface area contributed by atoms with Gasteiger partial charge in [0.25, 0.3) is 5.78 Å². The van der Waals surface area contributed by atoms with E-state index in [0.717, 1.165) is 0 Å². The van der Waals surface area contributed by atoms with Crippen molar-refractivity contribution < 1.29 is 9.90 Å². The average molecular weight is 197 g/mol. The molecule has 0 atom stereocenters. The van der Waals surface area contributed by atoms with Crippen LogP contribution in [0.25, 0.3) is 5.78 Å². The fourth-order valence-electron chi connectivity index (χ4n) is 0.853. The Morgan fingerprint density at radius 1 is 1.69 bits per heavy atom. The van der Waals surface area contributed by atoms with E-state index in [1.165, 1.54) is 10.6 Å². The lowest BCUT2D eigenvalue weighted by molar-refractivity contribution is 0.0690. The number of nitrogens with zero attached hydrogens (tertiary/aromatic N) is 4. The van der Waals surface area contributed by atoms with Gasteiger partial charge in [0.2, 0.25) is 0 Å². The third-order valence-corrected chi connectivity index (χ3v) is 1.70. The van der Waals surface area contributed by atoms with Crippen molar-refractivity contribution in [3.8, 4) is 0 Å². The average Bonchev–Trinajstić information content (AvgIpc) is 2.51. The van der Waals surface area contributed by atoms with Crippen LogP contribution in [0, 0.1) is 4.64 Å². The van der Waals surface area contributed by atoms with Crippen molar-refractivity contribution in [1.29, 1.82) is 0 Å². The van der Waals surface area contributed by atoms with E-state index in [4.69, 9.17) is 17.3 Å². The Labute approximate surface area is 76.0 Å². The summed E-state index contributed by atoms with van der Waals surface area (Å²) in [5.74, 6) is -0.999. The minimum absolute atomic E-state index is 0.140. The summed E-state index contributed by atoms with van der Waals surface area (Å²) < 4.78 is 1.58. The van der Waals surface area contributed by atoms with Gasteiger partial charge >= 0.3 is 5.97 Å². The Kier molecular flexibility index (Phi) is 1.55. The summed E-state index contributed by atoms with van der Waals surface area (Å²) >= 11 is 4.86. The van der Waals surface area contributed by atoms with Crippen molar-refractivity contribution in [3.63, 3.8) is 0 Å². The first kappa shape index (κ1) is 7.80. The number of aromatic nitrogens is 5. The third kappa shape index (κ3) is 1.16. The van der Waals surface area contributed by atoms with E-state index >= 15 is 0 Å². The van der Waals surface area contributed by atoms with Crippen LogP contribution in [0.5, 0.6) is 0 Å². The maximum atomic E-state index is 10.5. The van der Waals surface area contributed by atoms with Crippen molar-refractivity contribution in [2.75, 3.05) is 0 Å². The van der Waals surface area contributed by atoms with Crippen molar-refractivity contribution in [2.24, 2.45) is 0 Å². The van der Waals surface area contributed by atoms with E-state index in [2.05, 4.69) is 20.5 Å². The highest BCUT2D eigenvalue weighted by atomic mass is 32.1. The molecule has 0 aromatic carbocycles. The second kappa shape index (κ2) is 2.59. The molecule has 8 heteroatoms. The zero-order valence-corrected chi connectivity index (χ0v) is 6.95. The molecule has 2 rings (SSSR count). The molecule has 2 N–H and O–H groups in total. The van der Waals surface area contributed by atoms with Gasteiger partial charge in [-0.25, -0.2) is 9.78 Å². The molecule has 66 valence electrons. The van der Waals surface area contributed by atoms with Gasteiger partial charge in [-0.1, -0.05) is 17.3 Å². The molecule has 0 aliphatic carbocycles. The van der Waals surface area contributed by atoms with Crippen molar-refractivity contribution in [3.05, 3.63) is 16.4 Å². The SMILES string of the molecule is O=C(O)c1cc(=S)n2[nH]nnc2n1. The van der Waals surface area contributed by atoms with Crippen molar-refractivity contribution in [2.45, 2.75) is 0 Å². The highest BCUT2D eigenvalue weighted by Crippen LogP contribution is 1.99. The van der Waals surface area contributed by atoms with Crippen LogP contribution >= 0.6 is 12.2 Å². The minimum atomic E-state index is -1.14. The van der Waals surface area contributed by atoms with Crippen LogP contribution in [0.2, 0.25) is 0 Å². The normalized spacial score (nSPS) is 10.5. The van der Waals surface area contributed by atoms with Crippen LogP contribution in [0.15, 0.2) is 6.07 Å². The summed E-state index contributed by atoms with van der Waals surface area (Å²) in [6.45, 7) is 0. The molecule has 0 unspecified atom stereocenters. The summed E-state index contributed by atoms with van der Waals surface area (Å²) in [7, 11) is 0. The molecule has 0 radical (unpaired) electrons. The predicted molar refractivity (Wildman–Crippen MR) is 42.9 cm³/mol. The molecule has 0 saturated carbocycles. The highest BCUT2D eigenvalue weighted by Gasteiger charge is 2.08. The molecule has 2 aromatic heterocycles. The van der Waals surface area contributed by atoms with Crippen LogP contribution in [0.3, 0.4) is 0 Å². The summed E-state index contributed by atoms with van der Waals surface area (Å²) in [5.41, 5.74) is -0.140. The monoisotopic (exact) mass is 197 g/mol. The van der Waals surface area contributed by atoms with Crippen molar-refractivity contribution in [1.82, 2.24) is 25.0 Å². The third-order valence-electron chi connectivity index (χ3n) is 1.40. The Morgan fingerprint density at radius 2 is 2.46 bits per heavy atom. The van der Waals surface area contributed by atoms with Crippen LogP contribution in [-0.2, 0) is 0 Å². The number of tetrazole rings is 1. The van der Waals surface area contributed by atoms with Crippen LogP contribution in [-0.4, -0.2) is 36.1 Å². The van der Waals surface area contributed by atoms with E-state index in [-0.39, 0.29) is 16.1 Å². The van der Waals surface area contributed by atoms with Crippen LogP contribution in [0.4, 0.5) is 0 Å². The van der Waals surface area contributed by atoms with Gasteiger partial charge in [0.15, 0.2) is 5.69 Å². The second-order valence-corrected chi connectivity index (χ2v) is 2.64. The van der Waals surface area contributed by atoms with E-state index in [9.17, 15) is 4.79 Å². The lowest BCUT2D eigenvalue weighted by Gasteiger charge is -1.93. The number of carboxylic acids is 1. The molecule has 2 heterocycles. The second-order valence-electron chi connectivity index (χ2n) is 2.22. The molecular weight excluding hydrogens is 194 g/mol. The van der Waals surface area contributed by atoms with E-state index < -0.39 is 5.97 Å². The number of aromatic amines is 1. The number of hydrogen-bond donors (Lipinski definition) is 2. The standard InChI is InChI=1S/C5H3N5O2S/c11-4(12)2-1-3(13)10-5(6-2)7-8-9-10/h1H,(H,11,12)(H,6,7,9). The lowest BCUT2D eigenvalue weighted by atomic mass is 10.4. The molecule has 0 aliphatic rings. The Balaban J connectivity index is 2.85. The smallest absolute Gasteiger partial charge is 0.354 e. The van der Waals surface area contributed by atoms with E-state index in [0.29, 0.717) is 0 Å². The number of hydrogen-bond acceptors (Lipinski definition) is 5. The number of H-pyrrole nitrogens is 1. The van der Waals surface area contributed by atoms with Gasteiger partial charge in [-0.15, -0.1) is 0 Å². The van der Waals surface area contributed by atoms with Gasteiger partial charge in [0.1, 0.15) is 4.64 Å². The quantitative estimate of drug-likeness (QED) is 0.618. The van der Waals surface area contributed by atoms with Crippen LogP contribution < -0.4 is 0 Å². The number of rotatable bonds is 1. The molecule has 0 saturated heterocycles. The number of carboxylic acid groups (broad SMARTS) is 1. The van der Waals surface area contributed by atoms with Gasteiger partial charge in [0, 0.05) is 6.07 Å². The fraction of sp³-hybridized carbons (Fsp3) is 0. The molecule has 0 spiro atoms. The minimum Gasteiger partial charge on any atom is -0.477 e. The van der Waals surface area contributed by atoms with Gasteiger partial charge in [-0.2, -0.15) is 9.73 Å². The van der Waals surface area contributed by atoms with Crippen molar-refractivity contribution >= 4 is 24.0 Å². The highest BCUT2D eigenvalue weighted by molar-refractivity contribution is 7.71. The van der Waals surface area contributed by atoms with E-state index in [1.54, 1.807) is 0 Å². The molecule has 7 nitrogen and oxygen atoms in total. The zero-order valence-electron chi connectivity index (χ0n) is 6.13. The molecule has 13 heavy (non-hydrogen) atoms. The summed E-state index contributed by atoms with van der Waals surface area (Å²) in [4.78, 5) is 14.2. The first-order valence-electron chi connectivity index (χ1n) is 3.22. The zero-order chi connectivity index (χ0) is 9.42. The van der Waals surface area contributed by atoms with Gasteiger partial charge < -0.3 is 5.11 Å². The van der Waals surface area contributed by atoms with Gasteiger partial charge in [-0.3, -0.25) is 0 Å². The molecule has 0 fully saturated rings. The van der Waals surface area contributed by atoms with Crippen LogP contribution in [0.1, 0.15) is 10.5 Å². The predicted octanol–water partition coefficient (Wildman–Crippen LogP) is -0.120. The molecule has 2 aromatic rings. The largest absolute Gasteiger partial charge is 0.477 e. The number of fused-ring (bicyclic) bond motifs is 1. The summed E-state index contributed by atoms with van der Waals surface area (Å²) in [6, 6.07) is 1.25. The maximum absolute atomic E-state index is 10.5. The molecule has 0 amide bonds. The number of aromatic carboxylic acids is 1. The van der Waals surface area contributed by atoms with Gasteiger partial charge in [-0.05, 0) is 5.21 Å². The Morgan fingerprint density at radius 3 is 3.15 bits per heavy atom. The molecule has 0 bridgehead atoms. The summed E-state index contributed by atoms with van der Waals surface area (Å²) in [6.07, 6.45) is 0. The maximum Gasteiger partial charge on any atom is 0.354 e. The Bertz CT molecular complexity index is 529. The van der Waals surface area contributed by atoms with Gasteiger partial charge in [0.05, 0.1) is 0 Å². The lowest BCUT2D eigenvalue weighted by Crippen LogP contribution is -2.03. The number of nitrogens with one attached hydrogen (secondary N) is 1. The molecule has 0 aliphatic heterocycles. The first-order valence-corrected chi connectivity index (χ1v) is 3.63. The number of carbonyl (C=O) groups is 1. The summed E-state index contributed by atoms with van der Waals surface area (Å²) in [5, 5.41) is 18.0. The molecular formula is C5H3N5O2S.